The first-order valence-corrected chi connectivity index (χ1v) is 8.71. The summed E-state index contributed by atoms with van der Waals surface area (Å²) < 4.78 is 1.46. The molecule has 0 aliphatic rings. The van der Waals surface area contributed by atoms with Crippen LogP contribution in [0.2, 0.25) is 10.0 Å². The van der Waals surface area contributed by atoms with E-state index in [9.17, 15) is 9.59 Å². The molecule has 0 saturated heterocycles. The lowest BCUT2D eigenvalue weighted by Crippen LogP contribution is -2.22. The van der Waals surface area contributed by atoms with E-state index in [1.807, 2.05) is 31.2 Å². The predicted molar refractivity (Wildman–Crippen MR) is 105 cm³/mol. The van der Waals surface area contributed by atoms with E-state index < -0.39 is 0 Å². The van der Waals surface area contributed by atoms with Gasteiger partial charge in [-0.1, -0.05) is 47.5 Å². The second-order valence-corrected chi connectivity index (χ2v) is 6.73. The van der Waals surface area contributed by atoms with Crippen molar-refractivity contribution in [2.45, 2.75) is 13.5 Å². The molecule has 0 unspecified atom stereocenters. The molecule has 3 aromatic rings. The fourth-order valence-corrected chi connectivity index (χ4v) is 2.89. The molecule has 0 fully saturated rings. The van der Waals surface area contributed by atoms with Crippen molar-refractivity contribution in [2.75, 3.05) is 5.32 Å². The Hall–Kier alpha value is -2.56. The van der Waals surface area contributed by atoms with E-state index in [0.29, 0.717) is 21.3 Å². The fraction of sp³-hybridized carbons (Fsp3) is 0.100. The van der Waals surface area contributed by atoms with Gasteiger partial charge >= 0.3 is 0 Å². The number of hydrogen-bond donors (Lipinski definition) is 1. The molecule has 2 aromatic carbocycles. The van der Waals surface area contributed by atoms with E-state index in [1.54, 1.807) is 18.2 Å². The summed E-state index contributed by atoms with van der Waals surface area (Å²) >= 11 is 12.1. The number of carbonyl (C=O) groups is 1. The third kappa shape index (κ3) is 4.15. The number of rotatable bonds is 4. The molecule has 4 nitrogen and oxygen atoms in total. The number of pyridine rings is 1. The Balaban J connectivity index is 1.87. The van der Waals surface area contributed by atoms with E-state index >= 15 is 0 Å². The zero-order valence-corrected chi connectivity index (χ0v) is 15.5. The van der Waals surface area contributed by atoms with Crippen LogP contribution >= 0.6 is 23.2 Å². The maximum atomic E-state index is 12.6. The van der Waals surface area contributed by atoms with Gasteiger partial charge in [-0.05, 0) is 42.3 Å². The van der Waals surface area contributed by atoms with Gasteiger partial charge in [0.05, 0.1) is 12.1 Å². The second kappa shape index (κ2) is 7.77. The Kier molecular flexibility index (Phi) is 5.45. The van der Waals surface area contributed by atoms with Gasteiger partial charge in [0.15, 0.2) is 0 Å². The topological polar surface area (TPSA) is 51.1 Å². The quantitative estimate of drug-likeness (QED) is 0.702. The van der Waals surface area contributed by atoms with Crippen LogP contribution in [0, 0.1) is 6.92 Å². The van der Waals surface area contributed by atoms with Gasteiger partial charge in [0.25, 0.3) is 11.5 Å². The minimum absolute atomic E-state index is 0.208. The van der Waals surface area contributed by atoms with Gasteiger partial charge in [-0.15, -0.1) is 0 Å². The molecular formula is C20H16Cl2N2O2. The normalized spacial score (nSPS) is 10.6. The number of aryl methyl sites for hydroxylation is 1. The number of halogens is 2. The third-order valence-electron chi connectivity index (χ3n) is 3.99. The highest BCUT2D eigenvalue weighted by Gasteiger charge is 2.11. The monoisotopic (exact) mass is 386 g/mol. The lowest BCUT2D eigenvalue weighted by Gasteiger charge is -2.11. The van der Waals surface area contributed by atoms with Crippen LogP contribution in [0.25, 0.3) is 0 Å². The highest BCUT2D eigenvalue weighted by atomic mass is 35.5. The second-order valence-electron chi connectivity index (χ2n) is 5.89. The zero-order chi connectivity index (χ0) is 18.7. The fourth-order valence-electron chi connectivity index (χ4n) is 2.52. The van der Waals surface area contributed by atoms with Crippen molar-refractivity contribution in [1.82, 2.24) is 4.57 Å². The number of anilines is 1. The molecule has 0 saturated carbocycles. The molecule has 3 rings (SSSR count). The molecule has 0 spiro atoms. The number of nitrogens with one attached hydrogen (secondary N) is 1. The number of carbonyl (C=O) groups excluding carboxylic acids is 1. The van der Waals surface area contributed by atoms with Crippen LogP contribution in [0.5, 0.6) is 0 Å². The van der Waals surface area contributed by atoms with E-state index in [0.717, 1.165) is 11.1 Å². The number of nitrogens with zero attached hydrogens (tertiary/aromatic N) is 1. The Bertz CT molecular complexity index is 1030. The Morgan fingerprint density at radius 1 is 1.08 bits per heavy atom. The minimum atomic E-state index is -0.316. The van der Waals surface area contributed by atoms with E-state index in [4.69, 9.17) is 23.2 Å². The van der Waals surface area contributed by atoms with Crippen molar-refractivity contribution in [2.24, 2.45) is 0 Å². The highest BCUT2D eigenvalue weighted by Crippen LogP contribution is 2.21. The number of hydrogen-bond acceptors (Lipinski definition) is 2. The van der Waals surface area contributed by atoms with Crippen LogP contribution in [-0.4, -0.2) is 10.5 Å². The van der Waals surface area contributed by atoms with E-state index in [2.05, 4.69) is 5.32 Å². The molecule has 1 amide bonds. The maximum Gasteiger partial charge on any atom is 0.257 e. The molecule has 0 radical (unpaired) electrons. The maximum absolute atomic E-state index is 12.6. The largest absolute Gasteiger partial charge is 0.322 e. The van der Waals surface area contributed by atoms with Crippen molar-refractivity contribution < 1.29 is 4.79 Å². The smallest absolute Gasteiger partial charge is 0.257 e. The van der Waals surface area contributed by atoms with Crippen molar-refractivity contribution in [3.63, 3.8) is 0 Å². The SMILES string of the molecule is Cc1ccc(Cl)cc1NC(=O)c1ccc(=O)n(Cc2ccccc2Cl)c1. The molecule has 0 aliphatic carbocycles. The highest BCUT2D eigenvalue weighted by molar-refractivity contribution is 6.31. The number of amides is 1. The standard InChI is InChI=1S/C20H16Cl2N2O2/c1-13-6-8-16(21)10-18(13)23-20(26)15-7-9-19(25)24(12-15)11-14-4-2-3-5-17(14)22/h2-10,12H,11H2,1H3,(H,23,26). The van der Waals surface area contributed by atoms with Gasteiger partial charge in [0.1, 0.15) is 0 Å². The Labute approximate surface area is 161 Å². The molecular weight excluding hydrogens is 371 g/mol. The van der Waals surface area contributed by atoms with Gasteiger partial charge in [0.2, 0.25) is 0 Å². The van der Waals surface area contributed by atoms with Crippen LogP contribution < -0.4 is 10.9 Å². The van der Waals surface area contributed by atoms with Crippen LogP contribution in [-0.2, 0) is 6.54 Å². The van der Waals surface area contributed by atoms with Gasteiger partial charge in [-0.2, -0.15) is 0 Å². The van der Waals surface area contributed by atoms with Crippen molar-refractivity contribution in [3.05, 3.63) is 97.9 Å². The van der Waals surface area contributed by atoms with Crippen molar-refractivity contribution >= 4 is 34.8 Å². The average Bonchev–Trinajstić information content (AvgIpc) is 2.62. The van der Waals surface area contributed by atoms with Crippen LogP contribution in [0.4, 0.5) is 5.69 Å². The molecule has 1 aromatic heterocycles. The first-order valence-electron chi connectivity index (χ1n) is 7.95. The molecule has 1 heterocycles. The summed E-state index contributed by atoms with van der Waals surface area (Å²) in [5.74, 6) is -0.316. The summed E-state index contributed by atoms with van der Waals surface area (Å²) in [5, 5.41) is 3.93. The molecule has 0 atom stereocenters. The van der Waals surface area contributed by atoms with Gasteiger partial charge in [-0.25, -0.2) is 0 Å². The summed E-state index contributed by atoms with van der Waals surface area (Å²) in [5.41, 5.74) is 2.49. The van der Waals surface area contributed by atoms with Crippen molar-refractivity contribution in [3.8, 4) is 0 Å². The lowest BCUT2D eigenvalue weighted by atomic mass is 10.2. The summed E-state index contributed by atoms with van der Waals surface area (Å²) in [6.45, 7) is 2.17. The summed E-state index contributed by atoms with van der Waals surface area (Å²) in [4.78, 5) is 24.7. The predicted octanol–water partition coefficient (Wildman–Crippen LogP) is 4.76. The van der Waals surface area contributed by atoms with Crippen LogP contribution in [0.15, 0.2) is 65.6 Å². The van der Waals surface area contributed by atoms with Gasteiger partial charge in [-0.3, -0.25) is 9.59 Å². The van der Waals surface area contributed by atoms with Gasteiger partial charge < -0.3 is 9.88 Å². The van der Waals surface area contributed by atoms with Gasteiger partial charge in [0, 0.05) is 28.0 Å². The van der Waals surface area contributed by atoms with Crippen LogP contribution in [0.3, 0.4) is 0 Å². The average molecular weight is 387 g/mol. The summed E-state index contributed by atoms with van der Waals surface area (Å²) in [7, 11) is 0. The molecule has 6 heteroatoms. The molecule has 0 aliphatic heterocycles. The van der Waals surface area contributed by atoms with Crippen molar-refractivity contribution in [1.29, 1.82) is 0 Å². The van der Waals surface area contributed by atoms with E-state index in [1.165, 1.54) is 22.9 Å². The molecule has 0 bridgehead atoms. The summed E-state index contributed by atoms with van der Waals surface area (Å²) in [6.07, 6.45) is 1.53. The molecule has 26 heavy (non-hydrogen) atoms. The zero-order valence-electron chi connectivity index (χ0n) is 14.0. The molecule has 1 N–H and O–H groups in total. The number of benzene rings is 2. The number of aromatic nitrogens is 1. The first-order chi connectivity index (χ1) is 12.4. The first kappa shape index (κ1) is 18.2. The van der Waals surface area contributed by atoms with E-state index in [-0.39, 0.29) is 18.0 Å². The Morgan fingerprint density at radius 3 is 2.62 bits per heavy atom. The molecule has 132 valence electrons. The summed E-state index contributed by atoms with van der Waals surface area (Å²) in [6, 6.07) is 15.4. The van der Waals surface area contributed by atoms with Crippen LogP contribution in [0.1, 0.15) is 21.5 Å². The lowest BCUT2D eigenvalue weighted by molar-refractivity contribution is 0.102. The third-order valence-corrected chi connectivity index (χ3v) is 4.60. The minimum Gasteiger partial charge on any atom is -0.322 e. The Morgan fingerprint density at radius 2 is 1.85 bits per heavy atom.